The molecule has 0 aliphatic carbocycles. The van der Waals surface area contributed by atoms with E-state index in [4.69, 9.17) is 35.4 Å². The van der Waals surface area contributed by atoms with Crippen LogP contribution in [-0.2, 0) is 4.74 Å². The number of hydrogen-bond acceptors (Lipinski definition) is 4. The summed E-state index contributed by atoms with van der Waals surface area (Å²) < 4.78 is 4.63. The van der Waals surface area contributed by atoms with Crippen molar-refractivity contribution in [3.8, 4) is 0 Å². The average Bonchev–Trinajstić information content (AvgIpc) is 2.57. The largest absolute Gasteiger partial charge is 0.465 e. The number of carbonyl (C=O) groups excluding carboxylic acids is 1. The molecule has 0 aliphatic rings. The summed E-state index contributed by atoms with van der Waals surface area (Å²) in [6.07, 6.45) is 1.53. The van der Waals surface area contributed by atoms with Gasteiger partial charge >= 0.3 is 5.97 Å². The standard InChI is InChI=1S/C16H13Cl2N3O2S/c1-23-15(22)10-3-6-13(7-4-10)20-16(24)21-19-9-11-2-5-12(17)8-14(11)18/h2-9H,1H3,(H2,20,21,24)/b19-9+. The lowest BCUT2D eigenvalue weighted by atomic mass is 10.2. The molecule has 5 nitrogen and oxygen atoms in total. The van der Waals surface area contributed by atoms with Crippen LogP contribution >= 0.6 is 35.4 Å². The second-order valence-corrected chi connectivity index (χ2v) is 5.81. The van der Waals surface area contributed by atoms with Crippen molar-refractivity contribution in [2.24, 2.45) is 5.10 Å². The number of benzene rings is 2. The fourth-order valence-corrected chi connectivity index (χ4v) is 2.36. The van der Waals surface area contributed by atoms with Crippen LogP contribution in [0.4, 0.5) is 5.69 Å². The Morgan fingerprint density at radius 1 is 1.21 bits per heavy atom. The lowest BCUT2D eigenvalue weighted by Crippen LogP contribution is -2.23. The number of methoxy groups -OCH3 is 1. The number of anilines is 1. The molecular weight excluding hydrogens is 369 g/mol. The molecule has 0 heterocycles. The summed E-state index contributed by atoms with van der Waals surface area (Å²) in [5, 5.41) is 8.28. The minimum atomic E-state index is -0.397. The Bertz CT molecular complexity index is 779. The Labute approximate surface area is 154 Å². The first-order chi connectivity index (χ1) is 11.5. The second kappa shape index (κ2) is 8.63. The van der Waals surface area contributed by atoms with E-state index in [0.717, 1.165) is 0 Å². The van der Waals surface area contributed by atoms with E-state index >= 15 is 0 Å². The summed E-state index contributed by atoms with van der Waals surface area (Å²) in [6.45, 7) is 0. The van der Waals surface area contributed by atoms with Gasteiger partial charge in [0, 0.05) is 16.3 Å². The first kappa shape index (κ1) is 18.2. The zero-order chi connectivity index (χ0) is 17.5. The molecule has 0 amide bonds. The number of nitrogens with one attached hydrogen (secondary N) is 2. The predicted molar refractivity (Wildman–Crippen MR) is 101 cm³/mol. The molecular formula is C16H13Cl2N3O2S. The first-order valence-electron chi connectivity index (χ1n) is 6.73. The van der Waals surface area contributed by atoms with Crippen LogP contribution in [0, 0.1) is 0 Å². The molecule has 0 bridgehead atoms. The monoisotopic (exact) mass is 381 g/mol. The van der Waals surface area contributed by atoms with Crippen molar-refractivity contribution in [1.29, 1.82) is 0 Å². The highest BCUT2D eigenvalue weighted by Crippen LogP contribution is 2.19. The predicted octanol–water partition coefficient (Wildman–Crippen LogP) is 4.10. The zero-order valence-corrected chi connectivity index (χ0v) is 14.9. The van der Waals surface area contributed by atoms with Crippen molar-refractivity contribution in [3.63, 3.8) is 0 Å². The number of carbonyl (C=O) groups is 1. The normalized spacial score (nSPS) is 10.5. The van der Waals surface area contributed by atoms with Crippen molar-refractivity contribution in [3.05, 3.63) is 63.6 Å². The van der Waals surface area contributed by atoms with Crippen LogP contribution in [0.1, 0.15) is 15.9 Å². The maximum atomic E-state index is 11.4. The molecule has 0 radical (unpaired) electrons. The van der Waals surface area contributed by atoms with Gasteiger partial charge in [0.1, 0.15) is 0 Å². The van der Waals surface area contributed by atoms with Crippen molar-refractivity contribution >= 4 is 58.4 Å². The molecule has 0 aromatic heterocycles. The maximum absolute atomic E-state index is 11.4. The number of halogens is 2. The zero-order valence-electron chi connectivity index (χ0n) is 12.5. The average molecular weight is 382 g/mol. The van der Waals surface area contributed by atoms with Crippen LogP contribution in [-0.4, -0.2) is 24.4 Å². The molecule has 2 N–H and O–H groups in total. The Kier molecular flexibility index (Phi) is 6.54. The van der Waals surface area contributed by atoms with Gasteiger partial charge in [-0.25, -0.2) is 4.79 Å². The van der Waals surface area contributed by atoms with E-state index < -0.39 is 5.97 Å². The molecule has 24 heavy (non-hydrogen) atoms. The van der Waals surface area contributed by atoms with Gasteiger partial charge in [-0.15, -0.1) is 0 Å². The van der Waals surface area contributed by atoms with Gasteiger partial charge in [0.15, 0.2) is 5.11 Å². The van der Waals surface area contributed by atoms with Crippen LogP contribution in [0.15, 0.2) is 47.6 Å². The number of rotatable bonds is 4. The van der Waals surface area contributed by atoms with Crippen LogP contribution in [0.3, 0.4) is 0 Å². The van der Waals surface area contributed by atoms with Gasteiger partial charge in [-0.3, -0.25) is 5.43 Å². The first-order valence-corrected chi connectivity index (χ1v) is 7.89. The molecule has 0 aliphatic heterocycles. The molecule has 0 saturated heterocycles. The lowest BCUT2D eigenvalue weighted by molar-refractivity contribution is 0.0601. The van der Waals surface area contributed by atoms with Gasteiger partial charge in [-0.05, 0) is 48.6 Å². The third-order valence-electron chi connectivity index (χ3n) is 2.90. The summed E-state index contributed by atoms with van der Waals surface area (Å²) in [5.74, 6) is -0.397. The maximum Gasteiger partial charge on any atom is 0.337 e. The fraction of sp³-hybridized carbons (Fsp3) is 0.0625. The van der Waals surface area contributed by atoms with Crippen LogP contribution < -0.4 is 10.7 Å². The summed E-state index contributed by atoms with van der Waals surface area (Å²) in [4.78, 5) is 11.4. The molecule has 124 valence electrons. The van der Waals surface area contributed by atoms with Gasteiger partial charge in [-0.2, -0.15) is 5.10 Å². The second-order valence-electron chi connectivity index (χ2n) is 4.56. The van der Waals surface area contributed by atoms with Crippen molar-refractivity contribution in [2.45, 2.75) is 0 Å². The highest BCUT2D eigenvalue weighted by molar-refractivity contribution is 7.80. The van der Waals surface area contributed by atoms with Crippen molar-refractivity contribution < 1.29 is 9.53 Å². The molecule has 0 unspecified atom stereocenters. The summed E-state index contributed by atoms with van der Waals surface area (Å²) in [7, 11) is 1.33. The molecule has 0 spiro atoms. The van der Waals surface area contributed by atoms with E-state index in [0.29, 0.717) is 32.0 Å². The van der Waals surface area contributed by atoms with Gasteiger partial charge in [0.2, 0.25) is 0 Å². The van der Waals surface area contributed by atoms with E-state index in [1.54, 1.807) is 42.5 Å². The minimum absolute atomic E-state index is 0.294. The Morgan fingerprint density at radius 2 is 1.92 bits per heavy atom. The van der Waals surface area contributed by atoms with Crippen LogP contribution in [0.2, 0.25) is 10.0 Å². The van der Waals surface area contributed by atoms with Crippen LogP contribution in [0.5, 0.6) is 0 Å². The number of ether oxygens (including phenoxy) is 1. The van der Waals surface area contributed by atoms with E-state index in [2.05, 4.69) is 20.6 Å². The number of hydrazone groups is 1. The minimum Gasteiger partial charge on any atom is -0.465 e. The molecule has 0 atom stereocenters. The van der Waals surface area contributed by atoms with Gasteiger partial charge in [-0.1, -0.05) is 29.3 Å². The van der Waals surface area contributed by atoms with E-state index in [1.807, 2.05) is 0 Å². The third-order valence-corrected chi connectivity index (χ3v) is 3.65. The molecule has 2 aromatic carbocycles. The Hall–Kier alpha value is -2.15. The molecule has 0 fully saturated rings. The fourth-order valence-electron chi connectivity index (χ4n) is 1.73. The summed E-state index contributed by atoms with van der Waals surface area (Å²) in [6, 6.07) is 11.8. The lowest BCUT2D eigenvalue weighted by Gasteiger charge is -2.07. The highest BCUT2D eigenvalue weighted by Gasteiger charge is 2.04. The van der Waals surface area contributed by atoms with Crippen molar-refractivity contribution in [2.75, 3.05) is 12.4 Å². The third kappa shape index (κ3) is 5.19. The number of nitrogens with zero attached hydrogens (tertiary/aromatic N) is 1. The molecule has 2 rings (SSSR count). The number of hydrogen-bond donors (Lipinski definition) is 2. The van der Waals surface area contributed by atoms with E-state index in [-0.39, 0.29) is 0 Å². The summed E-state index contributed by atoms with van der Waals surface area (Å²) in [5.41, 5.74) is 4.55. The van der Waals surface area contributed by atoms with Gasteiger partial charge in [0.05, 0.1) is 23.9 Å². The topological polar surface area (TPSA) is 62.7 Å². The molecule has 2 aromatic rings. The number of esters is 1. The smallest absolute Gasteiger partial charge is 0.337 e. The Balaban J connectivity index is 1.91. The van der Waals surface area contributed by atoms with Gasteiger partial charge < -0.3 is 10.1 Å². The SMILES string of the molecule is COC(=O)c1ccc(NC(=S)N/N=C/c2ccc(Cl)cc2Cl)cc1. The highest BCUT2D eigenvalue weighted by atomic mass is 35.5. The number of thiocarbonyl (C=S) groups is 1. The van der Waals surface area contributed by atoms with E-state index in [1.165, 1.54) is 13.3 Å². The molecule has 8 heteroatoms. The summed E-state index contributed by atoms with van der Waals surface area (Å²) >= 11 is 17.0. The van der Waals surface area contributed by atoms with E-state index in [9.17, 15) is 4.79 Å². The van der Waals surface area contributed by atoms with Crippen molar-refractivity contribution in [1.82, 2.24) is 5.43 Å². The molecule has 0 saturated carbocycles. The van der Waals surface area contributed by atoms with Gasteiger partial charge in [0.25, 0.3) is 0 Å². The quantitative estimate of drug-likeness (QED) is 0.361. The van der Waals surface area contributed by atoms with Crippen LogP contribution in [0.25, 0.3) is 0 Å². The Morgan fingerprint density at radius 3 is 2.54 bits per heavy atom.